The summed E-state index contributed by atoms with van der Waals surface area (Å²) in [5, 5.41) is 19.8. The maximum Gasteiger partial charge on any atom is 0.303 e. The first-order valence-corrected chi connectivity index (χ1v) is 13.2. The summed E-state index contributed by atoms with van der Waals surface area (Å²) in [6.07, 6.45) is 7.72. The summed E-state index contributed by atoms with van der Waals surface area (Å²) in [4.78, 5) is 13.1. The van der Waals surface area contributed by atoms with Crippen molar-refractivity contribution in [3.05, 3.63) is 83.4 Å². The first kappa shape index (κ1) is 26.6. The molecular weight excluding hydrogens is 454 g/mol. The summed E-state index contributed by atoms with van der Waals surface area (Å²) in [5.74, 6) is -0.567. The number of allylic oxidation sites excluding steroid dienone is 2. The number of ether oxygens (including phenoxy) is 2. The van der Waals surface area contributed by atoms with E-state index in [0.29, 0.717) is 32.7 Å². The number of nitrogens with zero attached hydrogens (tertiary/aromatic N) is 1. The van der Waals surface area contributed by atoms with Gasteiger partial charge in [0.1, 0.15) is 0 Å². The zero-order valence-corrected chi connectivity index (χ0v) is 21.0. The highest BCUT2D eigenvalue weighted by molar-refractivity contribution is 5.66. The van der Waals surface area contributed by atoms with E-state index in [-0.39, 0.29) is 24.5 Å². The van der Waals surface area contributed by atoms with Crippen molar-refractivity contribution >= 4 is 5.97 Å². The second kappa shape index (κ2) is 13.7. The van der Waals surface area contributed by atoms with Crippen LogP contribution in [0.2, 0.25) is 0 Å². The van der Waals surface area contributed by atoms with E-state index in [2.05, 4.69) is 65.6 Å². The number of aliphatic hydroxyl groups is 1. The van der Waals surface area contributed by atoms with E-state index in [1.807, 2.05) is 6.07 Å². The highest BCUT2D eigenvalue weighted by atomic mass is 16.5. The summed E-state index contributed by atoms with van der Waals surface area (Å²) < 4.78 is 12.0. The highest BCUT2D eigenvalue weighted by Crippen LogP contribution is 2.36. The Hall–Kier alpha value is -2.51. The Morgan fingerprint density at radius 2 is 1.69 bits per heavy atom. The molecule has 4 rings (SSSR count). The number of carboxylic acid groups (broad SMARTS) is 1. The lowest BCUT2D eigenvalue weighted by Gasteiger charge is -2.37. The first-order chi connectivity index (χ1) is 17.6. The lowest BCUT2D eigenvalue weighted by atomic mass is 9.94. The molecule has 1 aliphatic heterocycles. The molecular formula is C30H39NO5. The van der Waals surface area contributed by atoms with Crippen LogP contribution in [-0.4, -0.2) is 65.6 Å². The smallest absolute Gasteiger partial charge is 0.303 e. The average Bonchev–Trinajstić information content (AvgIpc) is 3.21. The Kier molecular flexibility index (Phi) is 10.1. The number of unbranched alkanes of at least 4 members (excludes halogenated alkanes) is 1. The van der Waals surface area contributed by atoms with Crippen LogP contribution in [0.5, 0.6) is 0 Å². The molecule has 2 N–H and O–H groups in total. The summed E-state index contributed by atoms with van der Waals surface area (Å²) in [6.45, 7) is 3.58. The molecule has 1 saturated carbocycles. The minimum atomic E-state index is -0.753. The van der Waals surface area contributed by atoms with Crippen molar-refractivity contribution in [2.75, 3.05) is 26.3 Å². The third-order valence-electron chi connectivity index (χ3n) is 7.33. The molecule has 1 heterocycles. The van der Waals surface area contributed by atoms with Crippen molar-refractivity contribution in [3.63, 3.8) is 0 Å². The van der Waals surface area contributed by atoms with E-state index in [0.717, 1.165) is 37.9 Å². The van der Waals surface area contributed by atoms with E-state index in [1.165, 1.54) is 11.1 Å². The van der Waals surface area contributed by atoms with Crippen molar-refractivity contribution in [1.82, 2.24) is 4.90 Å². The van der Waals surface area contributed by atoms with Gasteiger partial charge >= 0.3 is 5.97 Å². The third kappa shape index (κ3) is 7.74. The molecule has 6 heteroatoms. The van der Waals surface area contributed by atoms with Crippen LogP contribution in [0.15, 0.2) is 66.7 Å². The number of aliphatic carboxylic acids is 1. The van der Waals surface area contributed by atoms with E-state index in [1.54, 1.807) is 0 Å². The van der Waals surface area contributed by atoms with Crippen LogP contribution in [0, 0.1) is 5.92 Å². The molecule has 4 atom stereocenters. The van der Waals surface area contributed by atoms with Gasteiger partial charge in [-0.3, -0.25) is 9.69 Å². The third-order valence-corrected chi connectivity index (χ3v) is 7.33. The number of rotatable bonds is 12. The lowest BCUT2D eigenvalue weighted by molar-refractivity contribution is -0.137. The van der Waals surface area contributed by atoms with Gasteiger partial charge in [0.15, 0.2) is 0 Å². The van der Waals surface area contributed by atoms with Gasteiger partial charge in [-0.1, -0.05) is 66.7 Å². The van der Waals surface area contributed by atoms with Crippen molar-refractivity contribution in [2.45, 2.75) is 63.4 Å². The minimum Gasteiger partial charge on any atom is -0.481 e. The summed E-state index contributed by atoms with van der Waals surface area (Å²) >= 11 is 0. The molecule has 1 aliphatic carbocycles. The van der Waals surface area contributed by atoms with Gasteiger partial charge in [0, 0.05) is 37.9 Å². The molecule has 6 nitrogen and oxygen atoms in total. The molecule has 0 amide bonds. The number of hydrogen-bond donors (Lipinski definition) is 2. The molecule has 2 fully saturated rings. The van der Waals surface area contributed by atoms with Crippen LogP contribution in [0.4, 0.5) is 0 Å². The summed E-state index contributed by atoms with van der Waals surface area (Å²) in [6, 6.07) is 19.1. The van der Waals surface area contributed by atoms with E-state index < -0.39 is 12.1 Å². The predicted molar refractivity (Wildman–Crippen MR) is 140 cm³/mol. The minimum absolute atomic E-state index is 0.0273. The number of carbonyl (C=O) groups is 1. The van der Waals surface area contributed by atoms with E-state index in [9.17, 15) is 9.90 Å². The zero-order valence-electron chi connectivity index (χ0n) is 21.0. The number of benzene rings is 2. The van der Waals surface area contributed by atoms with Crippen LogP contribution in [0.1, 0.15) is 48.8 Å². The predicted octanol–water partition coefficient (Wildman–Crippen LogP) is 4.45. The van der Waals surface area contributed by atoms with Crippen molar-refractivity contribution in [3.8, 4) is 0 Å². The number of morpholine rings is 1. The molecule has 0 unspecified atom stereocenters. The van der Waals surface area contributed by atoms with E-state index in [4.69, 9.17) is 14.6 Å². The molecule has 2 aromatic rings. The monoisotopic (exact) mass is 493 g/mol. The molecule has 194 valence electrons. The van der Waals surface area contributed by atoms with Gasteiger partial charge in [0.2, 0.25) is 0 Å². The van der Waals surface area contributed by atoms with Crippen LogP contribution >= 0.6 is 0 Å². The van der Waals surface area contributed by atoms with Crippen LogP contribution in [0.3, 0.4) is 0 Å². The second-order valence-corrected chi connectivity index (χ2v) is 9.93. The normalized spacial score (nSPS) is 24.9. The lowest BCUT2D eigenvalue weighted by Crippen LogP contribution is -2.50. The quantitative estimate of drug-likeness (QED) is 0.336. The van der Waals surface area contributed by atoms with E-state index >= 15 is 0 Å². The molecule has 0 radical (unpaired) electrons. The highest BCUT2D eigenvalue weighted by Gasteiger charge is 2.45. The number of carboxylic acids is 1. The molecule has 0 aromatic heterocycles. The largest absolute Gasteiger partial charge is 0.481 e. The Labute approximate surface area is 214 Å². The second-order valence-electron chi connectivity index (χ2n) is 9.93. The summed E-state index contributed by atoms with van der Waals surface area (Å²) in [5.41, 5.74) is 3.72. The van der Waals surface area contributed by atoms with Gasteiger partial charge in [-0.25, -0.2) is 0 Å². The summed E-state index contributed by atoms with van der Waals surface area (Å²) in [7, 11) is 0. The fourth-order valence-corrected chi connectivity index (χ4v) is 5.46. The number of aliphatic hydroxyl groups excluding tert-OH is 1. The molecule has 1 saturated heterocycles. The van der Waals surface area contributed by atoms with Crippen molar-refractivity contribution in [1.29, 1.82) is 0 Å². The fraction of sp³-hybridized carbons (Fsp3) is 0.500. The van der Waals surface area contributed by atoms with Gasteiger partial charge in [0.25, 0.3) is 0 Å². The Morgan fingerprint density at radius 3 is 2.42 bits per heavy atom. The Bertz CT molecular complexity index is 955. The SMILES string of the molecule is O=C(O)CCCC=CC[C@@H]1[C@@H](N2CCOCC2)[C@H](O)C[C@@H]1OCc1ccc(Cc2ccccc2)cc1. The van der Waals surface area contributed by atoms with Gasteiger partial charge in [-0.05, 0) is 42.4 Å². The molecule has 0 bridgehead atoms. The number of hydrogen-bond acceptors (Lipinski definition) is 5. The standard InChI is InChI=1S/C30H39NO5/c32-27-21-28(36-22-25-14-12-24(13-15-25)20-23-8-4-3-5-9-23)26(10-6-1-2-7-11-29(33)34)30(27)31-16-18-35-19-17-31/h1,3-6,8-9,12-15,26-28,30,32H,2,7,10-11,16-22H2,(H,33,34)/t26-,27+,28-,30+/m0/s1. The van der Waals surface area contributed by atoms with Crippen LogP contribution in [-0.2, 0) is 27.3 Å². The molecule has 36 heavy (non-hydrogen) atoms. The van der Waals surface area contributed by atoms with Gasteiger partial charge in [-0.2, -0.15) is 0 Å². The average molecular weight is 494 g/mol. The van der Waals surface area contributed by atoms with Gasteiger partial charge < -0.3 is 19.7 Å². The van der Waals surface area contributed by atoms with Gasteiger partial charge in [-0.15, -0.1) is 0 Å². The maximum absolute atomic E-state index is 11.0. The molecule has 2 aliphatic rings. The maximum atomic E-state index is 11.0. The van der Waals surface area contributed by atoms with Crippen molar-refractivity contribution < 1.29 is 24.5 Å². The zero-order chi connectivity index (χ0) is 25.2. The first-order valence-electron chi connectivity index (χ1n) is 13.2. The topological polar surface area (TPSA) is 79.2 Å². The van der Waals surface area contributed by atoms with Crippen molar-refractivity contribution in [2.24, 2.45) is 5.92 Å². The van der Waals surface area contributed by atoms with Crippen LogP contribution in [0.25, 0.3) is 0 Å². The molecule has 0 spiro atoms. The Morgan fingerprint density at radius 1 is 1.00 bits per heavy atom. The molecule has 2 aromatic carbocycles. The fourth-order valence-electron chi connectivity index (χ4n) is 5.46. The van der Waals surface area contributed by atoms with Gasteiger partial charge in [0.05, 0.1) is 32.0 Å². The van der Waals surface area contributed by atoms with Crippen LogP contribution < -0.4 is 0 Å². The Balaban J connectivity index is 1.35.